The SMILES string of the molecule is CN1CNNC1CC1(C2CCCC(N3CC4C(CC(CN5CC6CC(C5)C6(F)F)CC4C(F)(F)F)C3=O)C2)COC1. The number of carbonyl (C=O) groups excluding carboxylic acids is 1. The van der Waals surface area contributed by atoms with Crippen LogP contribution in [0.15, 0.2) is 0 Å². The number of hydrogen-bond donors (Lipinski definition) is 2. The first-order valence-corrected chi connectivity index (χ1v) is 15.7. The van der Waals surface area contributed by atoms with Gasteiger partial charge in [-0.05, 0) is 69.7 Å². The number of halogens is 5. The van der Waals surface area contributed by atoms with Gasteiger partial charge < -0.3 is 14.5 Å². The van der Waals surface area contributed by atoms with E-state index in [2.05, 4.69) is 22.8 Å². The van der Waals surface area contributed by atoms with Crippen molar-refractivity contribution in [3.05, 3.63) is 0 Å². The first kappa shape index (κ1) is 28.7. The lowest BCUT2D eigenvalue weighted by Gasteiger charge is -2.54. The number of alkyl halides is 5. The number of likely N-dealkylation sites (tertiary alicyclic amines) is 1. The number of hydrazine groups is 1. The molecule has 0 radical (unpaired) electrons. The van der Waals surface area contributed by atoms with E-state index in [1.807, 2.05) is 9.80 Å². The third kappa shape index (κ3) is 4.91. The Bertz CT molecular complexity index is 997. The summed E-state index contributed by atoms with van der Waals surface area (Å²) in [6, 6.07) is -0.0273. The molecule has 9 unspecified atom stereocenters. The van der Waals surface area contributed by atoms with Gasteiger partial charge in [0.25, 0.3) is 5.92 Å². The summed E-state index contributed by atoms with van der Waals surface area (Å²) in [6.45, 7) is 3.24. The Balaban J connectivity index is 1.03. The lowest BCUT2D eigenvalue weighted by Crippen LogP contribution is -2.63. The zero-order valence-electron chi connectivity index (χ0n) is 23.9. The third-order valence-corrected chi connectivity index (χ3v) is 12.2. The van der Waals surface area contributed by atoms with Gasteiger partial charge in [-0.1, -0.05) is 6.42 Å². The van der Waals surface area contributed by atoms with Crippen molar-refractivity contribution in [2.75, 3.05) is 53.1 Å². The maximum Gasteiger partial charge on any atom is 0.392 e. The minimum atomic E-state index is -4.37. The molecule has 0 spiro atoms. The van der Waals surface area contributed by atoms with Crippen molar-refractivity contribution in [2.24, 2.45) is 46.8 Å². The Kier molecular flexibility index (Phi) is 7.16. The summed E-state index contributed by atoms with van der Waals surface area (Å²) in [4.78, 5) is 19.9. The van der Waals surface area contributed by atoms with Crippen LogP contribution in [0, 0.1) is 46.8 Å². The fourth-order valence-corrected chi connectivity index (χ4v) is 9.79. The second kappa shape index (κ2) is 10.2. The van der Waals surface area contributed by atoms with Crippen LogP contribution in [0.1, 0.15) is 51.4 Å². The molecule has 2 N–H and O–H groups in total. The highest BCUT2D eigenvalue weighted by Gasteiger charge is 2.62. The van der Waals surface area contributed by atoms with Crippen LogP contribution in [0.3, 0.4) is 0 Å². The number of ether oxygens (including phenoxy) is 1. The summed E-state index contributed by atoms with van der Waals surface area (Å²) in [5.74, 6) is -6.85. The van der Waals surface area contributed by atoms with Crippen LogP contribution in [0.4, 0.5) is 22.0 Å². The van der Waals surface area contributed by atoms with Crippen LogP contribution in [0.25, 0.3) is 0 Å². The van der Waals surface area contributed by atoms with Gasteiger partial charge in [0.05, 0.1) is 32.0 Å². The topological polar surface area (TPSA) is 60.1 Å². The molecule has 3 saturated carbocycles. The van der Waals surface area contributed by atoms with Gasteiger partial charge in [0, 0.05) is 55.4 Å². The zero-order chi connectivity index (χ0) is 28.7. The first-order valence-electron chi connectivity index (χ1n) is 15.7. The Hall–Kier alpha value is -1.08. The Labute approximate surface area is 238 Å². The molecule has 8 rings (SSSR count). The number of fused-ring (bicyclic) bond motifs is 3. The predicted molar refractivity (Wildman–Crippen MR) is 140 cm³/mol. The van der Waals surface area contributed by atoms with Gasteiger partial charge >= 0.3 is 6.18 Å². The molecule has 232 valence electrons. The summed E-state index contributed by atoms with van der Waals surface area (Å²) < 4.78 is 77.1. The molecule has 8 fully saturated rings. The molecule has 5 heterocycles. The highest BCUT2D eigenvalue weighted by Crippen LogP contribution is 2.55. The van der Waals surface area contributed by atoms with Crippen molar-refractivity contribution in [2.45, 2.75) is 75.7 Å². The Morgan fingerprint density at radius 2 is 1.76 bits per heavy atom. The van der Waals surface area contributed by atoms with Gasteiger partial charge in [0.1, 0.15) is 0 Å². The number of nitrogens with zero attached hydrogens (tertiary/aromatic N) is 3. The van der Waals surface area contributed by atoms with Crippen LogP contribution >= 0.6 is 0 Å². The van der Waals surface area contributed by atoms with Crippen molar-refractivity contribution in [3.63, 3.8) is 0 Å². The van der Waals surface area contributed by atoms with E-state index in [0.717, 1.165) is 38.8 Å². The second-order valence-electron chi connectivity index (χ2n) is 14.6. The Morgan fingerprint density at radius 3 is 2.37 bits per heavy atom. The van der Waals surface area contributed by atoms with Crippen LogP contribution in [0.2, 0.25) is 0 Å². The molecule has 0 aromatic rings. The molecule has 0 aromatic carbocycles. The van der Waals surface area contributed by atoms with Gasteiger partial charge in [-0.25, -0.2) is 19.6 Å². The first-order chi connectivity index (χ1) is 19.4. The molecule has 5 saturated heterocycles. The van der Waals surface area contributed by atoms with E-state index >= 15 is 0 Å². The highest BCUT2D eigenvalue weighted by atomic mass is 19.4. The van der Waals surface area contributed by atoms with Crippen molar-refractivity contribution < 1.29 is 31.5 Å². The van der Waals surface area contributed by atoms with E-state index in [1.165, 1.54) is 0 Å². The molecular weight excluding hydrogens is 545 g/mol. The standard InChI is InChI=1S/C29H44F5N5O2/c1-37-16-35-36-25(37)9-27(14-41-15-27)18-3-2-4-21(8-18)39-13-23-22(26(39)40)5-17(6-24(23)29(32,33)34)10-38-11-19-7-20(12-38)28(19,30)31/h17-25,35-36H,2-16H2,1H3. The predicted octanol–water partition coefficient (Wildman–Crippen LogP) is 3.53. The number of hydrogen-bond acceptors (Lipinski definition) is 6. The molecular formula is C29H44F5N5O2. The number of piperidine rings is 2. The van der Waals surface area contributed by atoms with Gasteiger partial charge in [-0.2, -0.15) is 13.2 Å². The fourth-order valence-electron chi connectivity index (χ4n) is 9.79. The summed E-state index contributed by atoms with van der Waals surface area (Å²) in [5.41, 5.74) is 6.56. The third-order valence-electron chi connectivity index (χ3n) is 12.2. The van der Waals surface area contributed by atoms with E-state index in [-0.39, 0.29) is 55.5 Å². The average Bonchev–Trinajstić information content (AvgIpc) is 3.47. The van der Waals surface area contributed by atoms with Crippen molar-refractivity contribution >= 4 is 5.91 Å². The van der Waals surface area contributed by atoms with E-state index in [0.29, 0.717) is 38.5 Å². The molecule has 9 atom stereocenters. The Morgan fingerprint density at radius 1 is 1.00 bits per heavy atom. The monoisotopic (exact) mass is 589 g/mol. The largest absolute Gasteiger partial charge is 0.392 e. The molecule has 3 aliphatic carbocycles. The smallest absolute Gasteiger partial charge is 0.380 e. The molecule has 7 nitrogen and oxygen atoms in total. The van der Waals surface area contributed by atoms with Gasteiger partial charge in [-0.3, -0.25) is 9.69 Å². The van der Waals surface area contributed by atoms with Gasteiger partial charge in [0.15, 0.2) is 0 Å². The molecule has 12 heteroatoms. The lowest BCUT2D eigenvalue weighted by atomic mass is 9.64. The van der Waals surface area contributed by atoms with E-state index < -0.39 is 41.7 Å². The normalized spacial score (nSPS) is 44.4. The van der Waals surface area contributed by atoms with E-state index in [9.17, 15) is 26.7 Å². The number of rotatable bonds is 6. The molecule has 0 aromatic heterocycles. The van der Waals surface area contributed by atoms with Crippen molar-refractivity contribution in [3.8, 4) is 0 Å². The van der Waals surface area contributed by atoms with Crippen molar-refractivity contribution in [1.29, 1.82) is 0 Å². The summed E-state index contributed by atoms with van der Waals surface area (Å²) >= 11 is 0. The minimum Gasteiger partial charge on any atom is -0.380 e. The van der Waals surface area contributed by atoms with Gasteiger partial charge in [0.2, 0.25) is 5.91 Å². The average molecular weight is 590 g/mol. The maximum absolute atomic E-state index is 14.4. The second-order valence-corrected chi connectivity index (χ2v) is 14.6. The number of carbonyl (C=O) groups is 1. The zero-order valence-corrected chi connectivity index (χ0v) is 23.9. The quantitative estimate of drug-likeness (QED) is 0.463. The number of amides is 1. The molecule has 5 aliphatic heterocycles. The van der Waals surface area contributed by atoms with E-state index in [4.69, 9.17) is 4.74 Å². The van der Waals surface area contributed by atoms with Gasteiger partial charge in [-0.15, -0.1) is 0 Å². The number of nitrogens with one attached hydrogen (secondary N) is 2. The van der Waals surface area contributed by atoms with Crippen LogP contribution in [-0.2, 0) is 9.53 Å². The highest BCUT2D eigenvalue weighted by molar-refractivity contribution is 5.82. The van der Waals surface area contributed by atoms with Crippen LogP contribution in [0.5, 0.6) is 0 Å². The molecule has 41 heavy (non-hydrogen) atoms. The molecule has 2 bridgehead atoms. The fraction of sp³-hybridized carbons (Fsp3) is 0.966. The molecule has 1 amide bonds. The molecule has 8 aliphatic rings. The maximum atomic E-state index is 14.4. The van der Waals surface area contributed by atoms with E-state index in [1.54, 1.807) is 0 Å². The summed E-state index contributed by atoms with van der Waals surface area (Å²) in [5, 5.41) is 0. The minimum absolute atomic E-state index is 0.00229. The lowest BCUT2D eigenvalue weighted by molar-refractivity contribution is -0.230. The van der Waals surface area contributed by atoms with Crippen molar-refractivity contribution in [1.82, 2.24) is 25.6 Å². The van der Waals surface area contributed by atoms with Crippen LogP contribution < -0.4 is 10.9 Å². The summed E-state index contributed by atoms with van der Waals surface area (Å²) in [6.07, 6.45) is 1.41. The summed E-state index contributed by atoms with van der Waals surface area (Å²) in [7, 11) is 2.08. The van der Waals surface area contributed by atoms with Crippen LogP contribution in [-0.4, -0.2) is 98.0 Å².